The Kier molecular flexibility index (Phi) is 4.89. The number of halogens is 2. The van der Waals surface area contributed by atoms with E-state index in [9.17, 15) is 8.78 Å². The fourth-order valence-electron chi connectivity index (χ4n) is 3.96. The van der Waals surface area contributed by atoms with E-state index in [0.29, 0.717) is 12.3 Å². The highest BCUT2D eigenvalue weighted by Gasteiger charge is 2.22. The van der Waals surface area contributed by atoms with Crippen LogP contribution >= 0.6 is 0 Å². The van der Waals surface area contributed by atoms with Gasteiger partial charge in [-0.2, -0.15) is 0 Å². The summed E-state index contributed by atoms with van der Waals surface area (Å²) < 4.78 is 26.4. The number of rotatable bonds is 4. The molecule has 136 valence electrons. The number of benzene rings is 3. The van der Waals surface area contributed by atoms with Gasteiger partial charge < -0.3 is 0 Å². The van der Waals surface area contributed by atoms with Crippen molar-refractivity contribution in [3.8, 4) is 0 Å². The van der Waals surface area contributed by atoms with E-state index >= 15 is 0 Å². The van der Waals surface area contributed by atoms with Gasteiger partial charge in [0.15, 0.2) is 11.6 Å². The van der Waals surface area contributed by atoms with Crippen molar-refractivity contribution in [2.75, 3.05) is 0 Å². The first-order chi connectivity index (χ1) is 13.1. The second-order valence-corrected chi connectivity index (χ2v) is 7.36. The van der Waals surface area contributed by atoms with Gasteiger partial charge in [0.05, 0.1) is 0 Å². The molecule has 0 aliphatic heterocycles. The molecule has 1 unspecified atom stereocenters. The van der Waals surface area contributed by atoms with Crippen molar-refractivity contribution < 1.29 is 8.78 Å². The third-order valence-corrected chi connectivity index (χ3v) is 5.52. The molecule has 0 heterocycles. The van der Waals surface area contributed by atoms with E-state index < -0.39 is 11.6 Å². The molecule has 0 saturated heterocycles. The Bertz CT molecular complexity index is 970. The zero-order valence-corrected chi connectivity index (χ0v) is 15.2. The summed E-state index contributed by atoms with van der Waals surface area (Å²) in [7, 11) is 0. The van der Waals surface area contributed by atoms with Crippen LogP contribution in [0.5, 0.6) is 0 Å². The fourth-order valence-corrected chi connectivity index (χ4v) is 3.96. The molecule has 0 bridgehead atoms. The predicted octanol–water partition coefficient (Wildman–Crippen LogP) is 6.37. The molecule has 1 aliphatic rings. The van der Waals surface area contributed by atoms with Crippen LogP contribution in [0.1, 0.15) is 34.2 Å². The molecule has 2 heteroatoms. The highest BCUT2D eigenvalue weighted by molar-refractivity contribution is 5.70. The molecule has 3 aromatic rings. The van der Waals surface area contributed by atoms with E-state index in [-0.39, 0.29) is 0 Å². The Balaban J connectivity index is 1.44. The van der Waals surface area contributed by atoms with E-state index in [1.807, 2.05) is 0 Å². The minimum absolute atomic E-state index is 0.469. The van der Waals surface area contributed by atoms with Crippen molar-refractivity contribution in [3.05, 3.63) is 113 Å². The lowest BCUT2D eigenvalue weighted by atomic mass is 9.77. The summed E-state index contributed by atoms with van der Waals surface area (Å²) in [5.41, 5.74) is 7.11. The van der Waals surface area contributed by atoms with Crippen molar-refractivity contribution in [1.29, 1.82) is 0 Å². The first-order valence-corrected chi connectivity index (χ1v) is 9.39. The number of fused-ring (bicyclic) bond motifs is 1. The van der Waals surface area contributed by atoms with Crippen LogP contribution in [0.15, 0.2) is 73.3 Å². The predicted molar refractivity (Wildman–Crippen MR) is 107 cm³/mol. The molecule has 0 spiro atoms. The van der Waals surface area contributed by atoms with Crippen molar-refractivity contribution >= 4 is 5.57 Å². The Morgan fingerprint density at radius 1 is 0.815 bits per heavy atom. The summed E-state index contributed by atoms with van der Waals surface area (Å²) in [6, 6.07) is 21.1. The summed E-state index contributed by atoms with van der Waals surface area (Å²) in [6.07, 6.45) is 3.82. The Labute approximate surface area is 159 Å². The molecule has 1 atom stereocenters. The van der Waals surface area contributed by atoms with Gasteiger partial charge in [-0.15, -0.1) is 0 Å². The minimum atomic E-state index is -0.802. The summed E-state index contributed by atoms with van der Waals surface area (Å²) in [5.74, 6) is -1.12. The number of allylic oxidation sites excluding steroid dienone is 1. The quantitative estimate of drug-likeness (QED) is 0.507. The molecule has 3 aromatic carbocycles. The van der Waals surface area contributed by atoms with Crippen LogP contribution in [-0.2, 0) is 19.3 Å². The molecule has 0 N–H and O–H groups in total. The van der Waals surface area contributed by atoms with Crippen molar-refractivity contribution in [2.24, 2.45) is 5.92 Å². The molecule has 0 fully saturated rings. The summed E-state index contributed by atoms with van der Waals surface area (Å²) in [5, 5.41) is 0. The lowest BCUT2D eigenvalue weighted by Crippen LogP contribution is -2.14. The van der Waals surface area contributed by atoms with Crippen LogP contribution in [0.2, 0.25) is 0 Å². The third kappa shape index (κ3) is 3.85. The molecule has 0 saturated carbocycles. The van der Waals surface area contributed by atoms with Crippen LogP contribution in [-0.4, -0.2) is 0 Å². The fraction of sp³-hybridized carbons (Fsp3) is 0.200. The van der Waals surface area contributed by atoms with Crippen molar-refractivity contribution in [1.82, 2.24) is 0 Å². The molecular weight excluding hydrogens is 338 g/mol. The topological polar surface area (TPSA) is 0 Å². The maximum atomic E-state index is 13.4. The molecule has 27 heavy (non-hydrogen) atoms. The second kappa shape index (κ2) is 7.48. The van der Waals surface area contributed by atoms with Crippen LogP contribution in [0.3, 0.4) is 0 Å². The molecule has 0 aromatic heterocycles. The minimum Gasteiger partial charge on any atom is -0.204 e. The molecule has 4 rings (SSSR count). The highest BCUT2D eigenvalue weighted by atomic mass is 19.2. The summed E-state index contributed by atoms with van der Waals surface area (Å²) >= 11 is 0. The van der Waals surface area contributed by atoms with Gasteiger partial charge in [0.2, 0.25) is 0 Å². The van der Waals surface area contributed by atoms with Gasteiger partial charge in [0, 0.05) is 0 Å². The summed E-state index contributed by atoms with van der Waals surface area (Å²) in [6.45, 7) is 4.36. The molecule has 0 nitrogen and oxygen atoms in total. The molecule has 0 amide bonds. The maximum absolute atomic E-state index is 13.4. The second-order valence-electron chi connectivity index (χ2n) is 7.36. The molecule has 1 aliphatic carbocycles. The largest absolute Gasteiger partial charge is 0.204 e. The van der Waals surface area contributed by atoms with Crippen LogP contribution in [0.25, 0.3) is 5.57 Å². The van der Waals surface area contributed by atoms with Gasteiger partial charge in [-0.05, 0) is 77.1 Å². The number of hydrogen-bond donors (Lipinski definition) is 0. The lowest BCUT2D eigenvalue weighted by molar-refractivity contribution is 0.507. The van der Waals surface area contributed by atoms with E-state index in [1.165, 1.54) is 34.4 Å². The zero-order valence-electron chi connectivity index (χ0n) is 15.2. The van der Waals surface area contributed by atoms with Gasteiger partial charge in [-0.25, -0.2) is 8.78 Å². The highest BCUT2D eigenvalue weighted by Crippen LogP contribution is 2.36. The van der Waals surface area contributed by atoms with E-state index in [2.05, 4.69) is 55.1 Å². The third-order valence-electron chi connectivity index (χ3n) is 5.52. The standard InChI is InChI=1S/C25H22F2/c1-17-22(12-11-21-4-2-3-5-23(17)21)15-19-8-6-18(7-9-19)14-20-10-13-24(26)25(27)16-20/h2-10,13,16,22H,1,11-12,14-15H2. The smallest absolute Gasteiger partial charge is 0.159 e. The average Bonchev–Trinajstić information content (AvgIpc) is 2.69. The maximum Gasteiger partial charge on any atom is 0.159 e. The monoisotopic (exact) mass is 360 g/mol. The zero-order chi connectivity index (χ0) is 18.8. The van der Waals surface area contributed by atoms with Gasteiger partial charge in [-0.1, -0.05) is 61.2 Å². The number of hydrogen-bond acceptors (Lipinski definition) is 0. The van der Waals surface area contributed by atoms with Crippen LogP contribution < -0.4 is 0 Å². The Morgan fingerprint density at radius 2 is 1.52 bits per heavy atom. The van der Waals surface area contributed by atoms with Gasteiger partial charge >= 0.3 is 0 Å². The SMILES string of the molecule is C=C1c2ccccc2CCC1Cc1ccc(Cc2ccc(F)c(F)c2)cc1. The van der Waals surface area contributed by atoms with Gasteiger partial charge in [0.1, 0.15) is 0 Å². The molecule has 0 radical (unpaired) electrons. The van der Waals surface area contributed by atoms with Crippen molar-refractivity contribution in [3.63, 3.8) is 0 Å². The lowest BCUT2D eigenvalue weighted by Gasteiger charge is -2.27. The van der Waals surface area contributed by atoms with Crippen LogP contribution in [0, 0.1) is 17.6 Å². The molecular formula is C25H22F2. The van der Waals surface area contributed by atoms with Crippen molar-refractivity contribution in [2.45, 2.75) is 25.7 Å². The Morgan fingerprint density at radius 3 is 2.30 bits per heavy atom. The first kappa shape index (κ1) is 17.7. The normalized spacial score (nSPS) is 16.2. The Hall–Kier alpha value is -2.74. The van der Waals surface area contributed by atoms with Crippen LogP contribution in [0.4, 0.5) is 8.78 Å². The van der Waals surface area contributed by atoms with E-state index in [1.54, 1.807) is 6.07 Å². The van der Waals surface area contributed by atoms with Gasteiger partial charge in [0.25, 0.3) is 0 Å². The number of aryl methyl sites for hydroxylation is 1. The average molecular weight is 360 g/mol. The van der Waals surface area contributed by atoms with Gasteiger partial charge in [-0.3, -0.25) is 0 Å². The van der Waals surface area contributed by atoms with E-state index in [0.717, 1.165) is 30.4 Å². The first-order valence-electron chi connectivity index (χ1n) is 9.39. The summed E-state index contributed by atoms with van der Waals surface area (Å²) in [4.78, 5) is 0. The van der Waals surface area contributed by atoms with E-state index in [4.69, 9.17) is 0 Å².